The van der Waals surface area contributed by atoms with Crippen LogP contribution in [0.25, 0.3) is 0 Å². The van der Waals surface area contributed by atoms with Crippen LogP contribution in [0.15, 0.2) is 48.5 Å². The average Bonchev–Trinajstić information content (AvgIpc) is 2.60. The topological polar surface area (TPSA) is 41.6 Å². The molecule has 0 aromatic heterocycles. The predicted molar refractivity (Wildman–Crippen MR) is 98.9 cm³/mol. The van der Waals surface area contributed by atoms with Gasteiger partial charge in [0.1, 0.15) is 12.4 Å². The zero-order valence-corrected chi connectivity index (χ0v) is 14.7. The number of carbonyl (C=O) groups is 1. The van der Waals surface area contributed by atoms with Crippen molar-refractivity contribution >= 4 is 11.6 Å². The quantitative estimate of drug-likeness (QED) is 0.798. The van der Waals surface area contributed by atoms with Gasteiger partial charge < -0.3 is 15.0 Å². The van der Waals surface area contributed by atoms with Crippen LogP contribution in [0.3, 0.4) is 0 Å². The minimum Gasteiger partial charge on any atom is -0.490 e. The van der Waals surface area contributed by atoms with E-state index < -0.39 is 0 Å². The number of hydrogen-bond acceptors (Lipinski definition) is 3. The number of nitrogens with one attached hydrogen (secondary N) is 1. The van der Waals surface area contributed by atoms with Crippen molar-refractivity contribution in [2.75, 3.05) is 31.6 Å². The van der Waals surface area contributed by atoms with Crippen molar-refractivity contribution in [2.45, 2.75) is 20.8 Å². The largest absolute Gasteiger partial charge is 0.490 e. The molecule has 1 N–H and O–H groups in total. The van der Waals surface area contributed by atoms with Crippen LogP contribution in [0.5, 0.6) is 5.75 Å². The minimum absolute atomic E-state index is 0.126. The van der Waals surface area contributed by atoms with E-state index in [0.29, 0.717) is 23.6 Å². The van der Waals surface area contributed by atoms with Crippen LogP contribution >= 0.6 is 0 Å². The van der Waals surface area contributed by atoms with E-state index in [1.165, 1.54) is 0 Å². The lowest BCUT2D eigenvalue weighted by Crippen LogP contribution is -2.28. The first-order valence-electron chi connectivity index (χ1n) is 8.46. The summed E-state index contributed by atoms with van der Waals surface area (Å²) in [6.07, 6.45) is 0. The Hall–Kier alpha value is -2.33. The summed E-state index contributed by atoms with van der Waals surface area (Å²) in [5, 5.41) is 2.94. The van der Waals surface area contributed by atoms with E-state index in [4.69, 9.17) is 4.74 Å². The summed E-state index contributed by atoms with van der Waals surface area (Å²) in [5.41, 5.74) is 2.41. The lowest BCUT2D eigenvalue weighted by molar-refractivity contribution is 0.102. The smallest absolute Gasteiger partial charge is 0.255 e. The molecule has 2 rings (SSSR count). The van der Waals surface area contributed by atoms with Gasteiger partial charge in [0.25, 0.3) is 5.91 Å². The van der Waals surface area contributed by atoms with E-state index in [9.17, 15) is 4.79 Å². The lowest BCUT2D eigenvalue weighted by atomic mass is 10.1. The molecule has 0 saturated heterocycles. The Morgan fingerprint density at radius 1 is 1.08 bits per heavy atom. The number of carbonyl (C=O) groups excluding carboxylic acids is 1. The number of rotatable bonds is 8. The molecule has 0 aliphatic carbocycles. The van der Waals surface area contributed by atoms with Gasteiger partial charge in [0.15, 0.2) is 0 Å². The van der Waals surface area contributed by atoms with Crippen LogP contribution < -0.4 is 10.1 Å². The summed E-state index contributed by atoms with van der Waals surface area (Å²) in [7, 11) is 0. The minimum atomic E-state index is -0.126. The highest BCUT2D eigenvalue weighted by Crippen LogP contribution is 2.24. The SMILES string of the molecule is CCN(CC)CCOc1ccccc1NC(=O)c1cccc(C)c1. The van der Waals surface area contributed by atoms with Crippen molar-refractivity contribution in [3.63, 3.8) is 0 Å². The maximum absolute atomic E-state index is 12.4. The zero-order chi connectivity index (χ0) is 17.4. The van der Waals surface area contributed by atoms with Gasteiger partial charge in [0, 0.05) is 12.1 Å². The van der Waals surface area contributed by atoms with Crippen LogP contribution in [0, 0.1) is 6.92 Å². The van der Waals surface area contributed by atoms with Gasteiger partial charge in [-0.25, -0.2) is 0 Å². The van der Waals surface area contributed by atoms with Crippen molar-refractivity contribution in [1.29, 1.82) is 0 Å². The molecule has 0 heterocycles. The number of benzene rings is 2. The third-order valence-corrected chi connectivity index (χ3v) is 3.98. The molecule has 0 spiro atoms. The Balaban J connectivity index is 2.02. The van der Waals surface area contributed by atoms with Gasteiger partial charge in [0.05, 0.1) is 5.69 Å². The van der Waals surface area contributed by atoms with Gasteiger partial charge in [-0.1, -0.05) is 43.7 Å². The number of ether oxygens (including phenoxy) is 1. The number of nitrogens with zero attached hydrogens (tertiary/aromatic N) is 1. The van der Waals surface area contributed by atoms with E-state index in [0.717, 1.165) is 25.2 Å². The number of amides is 1. The molecule has 4 nitrogen and oxygen atoms in total. The first-order valence-corrected chi connectivity index (χ1v) is 8.46. The second-order valence-electron chi connectivity index (χ2n) is 5.70. The van der Waals surface area contributed by atoms with Gasteiger partial charge in [0.2, 0.25) is 0 Å². The van der Waals surface area contributed by atoms with E-state index in [-0.39, 0.29) is 5.91 Å². The molecule has 0 aliphatic heterocycles. The monoisotopic (exact) mass is 326 g/mol. The summed E-state index contributed by atoms with van der Waals surface area (Å²) in [4.78, 5) is 14.7. The van der Waals surface area contributed by atoms with Crippen molar-refractivity contribution in [3.8, 4) is 5.75 Å². The molecule has 0 aliphatic rings. The van der Waals surface area contributed by atoms with Crippen molar-refractivity contribution < 1.29 is 9.53 Å². The Morgan fingerprint density at radius 2 is 1.83 bits per heavy atom. The average molecular weight is 326 g/mol. The van der Waals surface area contributed by atoms with Gasteiger partial charge >= 0.3 is 0 Å². The molecule has 24 heavy (non-hydrogen) atoms. The fraction of sp³-hybridized carbons (Fsp3) is 0.350. The van der Waals surface area contributed by atoms with Crippen LogP contribution in [0.4, 0.5) is 5.69 Å². The maximum atomic E-state index is 12.4. The van der Waals surface area contributed by atoms with Crippen molar-refractivity contribution in [1.82, 2.24) is 4.90 Å². The Bertz CT molecular complexity index is 666. The molecule has 0 atom stereocenters. The zero-order valence-electron chi connectivity index (χ0n) is 14.7. The summed E-state index contributed by atoms with van der Waals surface area (Å²) in [6, 6.07) is 15.1. The fourth-order valence-electron chi connectivity index (χ4n) is 2.50. The molecular formula is C20H26N2O2. The molecule has 0 radical (unpaired) electrons. The van der Waals surface area contributed by atoms with Gasteiger partial charge in [-0.3, -0.25) is 4.79 Å². The first kappa shape index (κ1) is 18.0. The third kappa shape index (κ3) is 5.10. The molecule has 4 heteroatoms. The number of anilines is 1. The summed E-state index contributed by atoms with van der Waals surface area (Å²) in [6.45, 7) is 9.73. The normalized spacial score (nSPS) is 10.7. The van der Waals surface area contributed by atoms with Crippen molar-refractivity contribution in [3.05, 3.63) is 59.7 Å². The number of aryl methyl sites for hydroxylation is 1. The highest BCUT2D eigenvalue weighted by Gasteiger charge is 2.10. The predicted octanol–water partition coefficient (Wildman–Crippen LogP) is 3.97. The van der Waals surface area contributed by atoms with Crippen LogP contribution in [0.2, 0.25) is 0 Å². The Labute approximate surface area is 144 Å². The van der Waals surface area contributed by atoms with E-state index in [2.05, 4.69) is 24.1 Å². The van der Waals surface area contributed by atoms with Crippen LogP contribution in [0.1, 0.15) is 29.8 Å². The number of para-hydroxylation sites is 2. The molecule has 0 bridgehead atoms. The molecule has 2 aromatic rings. The summed E-state index contributed by atoms with van der Waals surface area (Å²) >= 11 is 0. The number of likely N-dealkylation sites (N-methyl/N-ethyl adjacent to an activating group) is 1. The van der Waals surface area contributed by atoms with Gasteiger partial charge in [-0.2, -0.15) is 0 Å². The molecule has 0 fully saturated rings. The standard InChI is InChI=1S/C20H26N2O2/c1-4-22(5-2)13-14-24-19-12-7-6-11-18(19)21-20(23)17-10-8-9-16(3)15-17/h6-12,15H,4-5,13-14H2,1-3H3,(H,21,23). The summed E-state index contributed by atoms with van der Waals surface area (Å²) in [5.74, 6) is 0.573. The van der Waals surface area contributed by atoms with Gasteiger partial charge in [-0.05, 0) is 44.3 Å². The first-order chi connectivity index (χ1) is 11.6. The fourth-order valence-corrected chi connectivity index (χ4v) is 2.50. The third-order valence-electron chi connectivity index (χ3n) is 3.98. The summed E-state index contributed by atoms with van der Waals surface area (Å²) < 4.78 is 5.88. The Kier molecular flexibility index (Phi) is 6.82. The molecular weight excluding hydrogens is 300 g/mol. The highest BCUT2D eigenvalue weighted by molar-refractivity contribution is 6.05. The molecule has 2 aromatic carbocycles. The Morgan fingerprint density at radius 3 is 2.54 bits per heavy atom. The van der Waals surface area contributed by atoms with E-state index >= 15 is 0 Å². The van der Waals surface area contributed by atoms with Crippen molar-refractivity contribution in [2.24, 2.45) is 0 Å². The van der Waals surface area contributed by atoms with E-state index in [1.54, 1.807) is 0 Å². The molecule has 1 amide bonds. The highest BCUT2D eigenvalue weighted by atomic mass is 16.5. The molecule has 128 valence electrons. The van der Waals surface area contributed by atoms with Gasteiger partial charge in [-0.15, -0.1) is 0 Å². The lowest BCUT2D eigenvalue weighted by Gasteiger charge is -2.19. The van der Waals surface area contributed by atoms with Crippen LogP contribution in [-0.2, 0) is 0 Å². The molecule has 0 unspecified atom stereocenters. The van der Waals surface area contributed by atoms with Crippen LogP contribution in [-0.4, -0.2) is 37.0 Å². The molecule has 0 saturated carbocycles. The maximum Gasteiger partial charge on any atom is 0.255 e. The second-order valence-corrected chi connectivity index (χ2v) is 5.70. The van der Waals surface area contributed by atoms with E-state index in [1.807, 2.05) is 55.5 Å². The second kappa shape index (κ2) is 9.08. The number of hydrogen-bond donors (Lipinski definition) is 1.